The molecule has 1 amide bonds. The van der Waals surface area contributed by atoms with Crippen LogP contribution >= 0.6 is 24.0 Å². The zero-order valence-corrected chi connectivity index (χ0v) is 21.0. The first kappa shape index (κ1) is 24.5. The predicted octanol–water partition coefficient (Wildman–Crippen LogP) is 3.62. The maximum atomic E-state index is 12.2. The molecule has 35 heavy (non-hydrogen) atoms. The SMILES string of the molecule is Cc1ccc(C2O[C@H](S)[C@@H](O)[C@H](O)[C@H]2O)cc1Cc1ccc(-c2ccc(C(=O)NC3CC3)cc2)s1. The van der Waals surface area contributed by atoms with E-state index < -0.39 is 29.9 Å². The van der Waals surface area contributed by atoms with Crippen LogP contribution in [-0.4, -0.2) is 51.0 Å². The van der Waals surface area contributed by atoms with E-state index in [2.05, 4.69) is 30.1 Å². The Kier molecular flexibility index (Phi) is 7.03. The van der Waals surface area contributed by atoms with E-state index in [-0.39, 0.29) is 5.91 Å². The minimum Gasteiger partial charge on any atom is -0.387 e. The molecule has 2 aromatic carbocycles. The number of hydrogen-bond donors (Lipinski definition) is 5. The molecule has 4 N–H and O–H groups in total. The lowest BCUT2D eigenvalue weighted by Gasteiger charge is -2.39. The van der Waals surface area contributed by atoms with Crippen molar-refractivity contribution in [3.8, 4) is 10.4 Å². The summed E-state index contributed by atoms with van der Waals surface area (Å²) in [6.07, 6.45) is -1.74. The number of carbonyl (C=O) groups excluding carboxylic acids is 1. The zero-order chi connectivity index (χ0) is 24.7. The van der Waals surface area contributed by atoms with Gasteiger partial charge in [-0.1, -0.05) is 30.3 Å². The average Bonchev–Trinajstić information content (AvgIpc) is 3.55. The summed E-state index contributed by atoms with van der Waals surface area (Å²) in [6.45, 7) is 2.04. The van der Waals surface area contributed by atoms with Crippen LogP contribution in [-0.2, 0) is 11.2 Å². The number of thiol groups is 1. The van der Waals surface area contributed by atoms with Crippen LogP contribution in [0.1, 0.15) is 50.9 Å². The summed E-state index contributed by atoms with van der Waals surface area (Å²) in [5, 5.41) is 33.6. The van der Waals surface area contributed by atoms with E-state index in [4.69, 9.17) is 4.74 Å². The molecule has 1 unspecified atom stereocenters. The number of rotatable bonds is 6. The summed E-state index contributed by atoms with van der Waals surface area (Å²) in [5.74, 6) is -0.0143. The van der Waals surface area contributed by atoms with Gasteiger partial charge in [-0.15, -0.1) is 24.0 Å². The van der Waals surface area contributed by atoms with Crippen molar-refractivity contribution < 1.29 is 24.9 Å². The van der Waals surface area contributed by atoms with E-state index in [0.717, 1.165) is 40.0 Å². The lowest BCUT2D eigenvalue weighted by Crippen LogP contribution is -2.52. The van der Waals surface area contributed by atoms with Gasteiger partial charge in [-0.2, -0.15) is 0 Å². The average molecular weight is 512 g/mol. The van der Waals surface area contributed by atoms with Crippen molar-refractivity contribution in [2.75, 3.05) is 0 Å². The maximum Gasteiger partial charge on any atom is 0.251 e. The molecule has 3 aromatic rings. The molecule has 1 saturated heterocycles. The van der Waals surface area contributed by atoms with E-state index in [1.807, 2.05) is 49.4 Å². The van der Waals surface area contributed by atoms with Crippen LogP contribution in [0.15, 0.2) is 54.6 Å². The standard InChI is InChI=1S/C27H29NO5S2/c1-14-2-3-17(25-23(30)22(29)24(31)27(34)33-25)12-18(14)13-20-10-11-21(35-20)15-4-6-16(7-5-15)26(32)28-19-8-9-19/h2-7,10-12,19,22-25,27,29-31,34H,8-9,13H2,1H3,(H,28,32)/t22-,23-,24+,25?,27-/m1/s1. The molecule has 184 valence electrons. The van der Waals surface area contributed by atoms with E-state index >= 15 is 0 Å². The number of aliphatic hydroxyl groups is 3. The fourth-order valence-electron chi connectivity index (χ4n) is 4.29. The summed E-state index contributed by atoms with van der Waals surface area (Å²) in [4.78, 5) is 14.5. The second-order valence-electron chi connectivity index (χ2n) is 9.37. The summed E-state index contributed by atoms with van der Waals surface area (Å²) in [5.41, 5.74) is 3.81. The molecule has 1 aromatic heterocycles. The molecule has 0 spiro atoms. The van der Waals surface area contributed by atoms with Crippen molar-refractivity contribution in [2.45, 2.75) is 62.1 Å². The van der Waals surface area contributed by atoms with Crippen LogP contribution in [0.2, 0.25) is 0 Å². The Labute approximate surface area is 214 Å². The third-order valence-corrected chi connectivity index (χ3v) is 8.22. The largest absolute Gasteiger partial charge is 0.387 e. The molecule has 1 saturated carbocycles. The second kappa shape index (κ2) is 10.0. The fourth-order valence-corrected chi connectivity index (χ4v) is 5.64. The maximum absolute atomic E-state index is 12.2. The number of carbonyl (C=O) groups is 1. The highest BCUT2D eigenvalue weighted by Crippen LogP contribution is 2.35. The van der Waals surface area contributed by atoms with Gasteiger partial charge in [-0.05, 0) is 66.3 Å². The molecule has 0 bridgehead atoms. The van der Waals surface area contributed by atoms with Crippen molar-refractivity contribution in [1.82, 2.24) is 5.32 Å². The highest BCUT2D eigenvalue weighted by atomic mass is 32.1. The topological polar surface area (TPSA) is 99.0 Å². The Morgan fingerprint density at radius 1 is 1.03 bits per heavy atom. The first-order valence-corrected chi connectivity index (χ1v) is 13.1. The minimum absolute atomic E-state index is 0.0143. The number of benzene rings is 2. The van der Waals surface area contributed by atoms with Crippen molar-refractivity contribution in [2.24, 2.45) is 0 Å². The number of amides is 1. The molecule has 1 aliphatic carbocycles. The smallest absolute Gasteiger partial charge is 0.251 e. The van der Waals surface area contributed by atoms with Crippen LogP contribution in [0.4, 0.5) is 0 Å². The lowest BCUT2D eigenvalue weighted by molar-refractivity contribution is -0.199. The number of ether oxygens (including phenoxy) is 1. The van der Waals surface area contributed by atoms with Crippen LogP contribution in [0, 0.1) is 6.92 Å². The van der Waals surface area contributed by atoms with E-state index in [1.54, 1.807) is 11.3 Å². The first-order valence-electron chi connectivity index (χ1n) is 11.8. The Balaban J connectivity index is 1.30. The summed E-state index contributed by atoms with van der Waals surface area (Å²) < 4.78 is 5.70. The van der Waals surface area contributed by atoms with Gasteiger partial charge < -0.3 is 25.4 Å². The number of aryl methyl sites for hydroxylation is 1. The van der Waals surface area contributed by atoms with Gasteiger partial charge in [0.15, 0.2) is 0 Å². The van der Waals surface area contributed by atoms with Gasteiger partial charge in [0.05, 0.1) is 0 Å². The van der Waals surface area contributed by atoms with Crippen molar-refractivity contribution in [1.29, 1.82) is 0 Å². The zero-order valence-electron chi connectivity index (χ0n) is 19.3. The lowest BCUT2D eigenvalue weighted by atomic mass is 9.92. The number of thiophene rings is 1. The third kappa shape index (κ3) is 5.33. The highest BCUT2D eigenvalue weighted by Gasteiger charge is 2.43. The molecule has 1 aliphatic heterocycles. The normalized spacial score (nSPS) is 26.5. The summed E-state index contributed by atoms with van der Waals surface area (Å²) in [7, 11) is 0. The highest BCUT2D eigenvalue weighted by molar-refractivity contribution is 7.80. The Hall–Kier alpha value is -2.20. The summed E-state index contributed by atoms with van der Waals surface area (Å²) >= 11 is 5.90. The second-order valence-corrected chi connectivity index (χ2v) is 11.1. The number of nitrogens with one attached hydrogen (secondary N) is 1. The van der Waals surface area contributed by atoms with Gasteiger partial charge in [0.1, 0.15) is 29.9 Å². The quantitative estimate of drug-likeness (QED) is 0.326. The van der Waals surface area contributed by atoms with Crippen molar-refractivity contribution in [3.63, 3.8) is 0 Å². The number of aliphatic hydroxyl groups excluding tert-OH is 3. The van der Waals surface area contributed by atoms with Crippen molar-refractivity contribution >= 4 is 29.9 Å². The Bertz CT molecular complexity index is 1210. The molecule has 2 aliphatic rings. The van der Waals surface area contributed by atoms with Gasteiger partial charge in [0, 0.05) is 27.8 Å². The molecule has 5 atom stereocenters. The molecule has 8 heteroatoms. The predicted molar refractivity (Wildman–Crippen MR) is 139 cm³/mol. The number of hydrogen-bond acceptors (Lipinski definition) is 7. The Morgan fingerprint density at radius 3 is 2.49 bits per heavy atom. The van der Waals surface area contributed by atoms with Crippen LogP contribution in [0.5, 0.6) is 0 Å². The molecule has 0 radical (unpaired) electrons. The van der Waals surface area contributed by atoms with Gasteiger partial charge in [0.25, 0.3) is 5.91 Å². The minimum atomic E-state index is -1.33. The third-order valence-electron chi connectivity index (χ3n) is 6.66. The monoisotopic (exact) mass is 511 g/mol. The van der Waals surface area contributed by atoms with Crippen LogP contribution in [0.25, 0.3) is 10.4 Å². The van der Waals surface area contributed by atoms with Gasteiger partial charge >= 0.3 is 0 Å². The molecule has 2 heterocycles. The molecule has 6 nitrogen and oxygen atoms in total. The first-order chi connectivity index (χ1) is 16.8. The molecule has 2 fully saturated rings. The van der Waals surface area contributed by atoms with Crippen molar-refractivity contribution in [3.05, 3.63) is 81.7 Å². The summed E-state index contributed by atoms with van der Waals surface area (Å²) in [6, 6.07) is 18.1. The van der Waals surface area contributed by atoms with Gasteiger partial charge in [0.2, 0.25) is 0 Å². The van der Waals surface area contributed by atoms with E-state index in [9.17, 15) is 20.1 Å². The fraction of sp³-hybridized carbons (Fsp3) is 0.370. The van der Waals surface area contributed by atoms with Gasteiger partial charge in [-0.25, -0.2) is 0 Å². The molecule has 5 rings (SSSR count). The molecular weight excluding hydrogens is 482 g/mol. The van der Waals surface area contributed by atoms with Gasteiger partial charge in [-0.3, -0.25) is 4.79 Å². The Morgan fingerprint density at radius 2 is 1.77 bits per heavy atom. The van der Waals surface area contributed by atoms with E-state index in [1.165, 1.54) is 4.88 Å². The van der Waals surface area contributed by atoms with Crippen LogP contribution in [0.3, 0.4) is 0 Å². The van der Waals surface area contributed by atoms with E-state index in [0.29, 0.717) is 18.0 Å². The molecular formula is C27H29NO5S2. The van der Waals surface area contributed by atoms with Crippen LogP contribution < -0.4 is 5.32 Å².